The van der Waals surface area contributed by atoms with Crippen molar-refractivity contribution in [2.45, 2.75) is 24.4 Å². The lowest BCUT2D eigenvalue weighted by Crippen LogP contribution is -2.43. The van der Waals surface area contributed by atoms with E-state index in [1.165, 1.54) is 0 Å². The molecule has 8 atom stereocenters. The molecule has 3 saturated carbocycles. The van der Waals surface area contributed by atoms with Crippen molar-refractivity contribution in [3.63, 3.8) is 0 Å². The summed E-state index contributed by atoms with van der Waals surface area (Å²) in [6, 6.07) is 0. The number of hydrogen-bond donors (Lipinski definition) is 2. The Morgan fingerprint density at radius 1 is 0.944 bits per heavy atom. The molecule has 3 fully saturated rings. The zero-order valence-electron chi connectivity index (χ0n) is 10.7. The van der Waals surface area contributed by atoms with Crippen molar-refractivity contribution in [3.05, 3.63) is 12.2 Å². The van der Waals surface area contributed by atoms with Gasteiger partial charge in [0.05, 0.1) is 12.2 Å². The maximum Gasteiger partial charge on any atom is 0.180 e. The van der Waals surface area contributed by atoms with Crippen LogP contribution in [0, 0.1) is 35.5 Å². The number of methoxy groups -OCH3 is 2. The lowest BCUT2D eigenvalue weighted by atomic mass is 9.71. The summed E-state index contributed by atoms with van der Waals surface area (Å²) < 4.78 is 11.4. The largest absolute Gasteiger partial charge is 0.390 e. The van der Waals surface area contributed by atoms with Crippen LogP contribution in [0.2, 0.25) is 0 Å². The van der Waals surface area contributed by atoms with Gasteiger partial charge in [0.2, 0.25) is 0 Å². The van der Waals surface area contributed by atoms with E-state index in [0.717, 1.165) is 6.42 Å². The molecular formula is C14H20O4. The van der Waals surface area contributed by atoms with E-state index in [2.05, 4.69) is 12.2 Å². The van der Waals surface area contributed by atoms with Crippen LogP contribution >= 0.6 is 0 Å². The molecule has 2 N–H and O–H groups in total. The maximum absolute atomic E-state index is 10.1. The maximum atomic E-state index is 10.1. The first-order valence-electron chi connectivity index (χ1n) is 6.80. The second kappa shape index (κ2) is 3.37. The minimum absolute atomic E-state index is 0.208. The van der Waals surface area contributed by atoms with Gasteiger partial charge in [0.15, 0.2) is 5.79 Å². The zero-order valence-corrected chi connectivity index (χ0v) is 10.7. The summed E-state index contributed by atoms with van der Waals surface area (Å²) in [6.07, 6.45) is 4.22. The third-order valence-corrected chi connectivity index (χ3v) is 6.13. The molecule has 0 aliphatic heterocycles. The predicted octanol–water partition coefficient (Wildman–Crippen LogP) is 0.395. The SMILES string of the molecule is COC1(OC)[C@@H]2C=C[C@H]1[C@H]1[C@@H]2[C@@H]2C[C@H]1C(O)C2O. The molecule has 0 amide bonds. The molecule has 4 nitrogen and oxygen atoms in total. The molecule has 4 rings (SSSR count). The summed E-state index contributed by atoms with van der Waals surface area (Å²) in [5, 5.41) is 20.2. The fourth-order valence-electron chi connectivity index (χ4n) is 5.60. The number of fused-ring (bicyclic) bond motifs is 9. The standard InChI is InChI=1S/C14H20O4/c1-17-14(18-2)8-3-4-9(14)11-7-5-6(10(8)11)12(15)13(7)16/h3-4,6-13,15-16H,5H2,1-2H3/t6-,7+,8+,9-,10+,11-,12?,13?. The fraction of sp³-hybridized carbons (Fsp3) is 0.857. The Labute approximate surface area is 107 Å². The van der Waals surface area contributed by atoms with Gasteiger partial charge in [0.1, 0.15) is 0 Å². The monoisotopic (exact) mass is 252 g/mol. The topological polar surface area (TPSA) is 58.9 Å². The average molecular weight is 252 g/mol. The van der Waals surface area contributed by atoms with Crippen LogP contribution in [0.5, 0.6) is 0 Å². The van der Waals surface area contributed by atoms with E-state index in [0.29, 0.717) is 11.8 Å². The average Bonchev–Trinajstić information content (AvgIpc) is 3.08. The minimum atomic E-state index is -0.560. The van der Waals surface area contributed by atoms with Crippen LogP contribution in [0.15, 0.2) is 12.2 Å². The highest BCUT2D eigenvalue weighted by Gasteiger charge is 2.72. The second-order valence-electron chi connectivity index (χ2n) is 6.27. The van der Waals surface area contributed by atoms with E-state index < -0.39 is 18.0 Å². The third-order valence-electron chi connectivity index (χ3n) is 6.13. The van der Waals surface area contributed by atoms with Gasteiger partial charge in [-0.3, -0.25) is 0 Å². The molecule has 0 aromatic carbocycles. The van der Waals surface area contributed by atoms with E-state index in [4.69, 9.17) is 9.47 Å². The Bertz CT molecular complexity index is 371. The molecule has 4 aliphatic rings. The molecule has 0 heterocycles. The molecular weight excluding hydrogens is 232 g/mol. The molecule has 100 valence electrons. The van der Waals surface area contributed by atoms with Gasteiger partial charge in [-0.2, -0.15) is 0 Å². The molecule has 4 heteroatoms. The number of rotatable bonds is 2. The molecule has 0 radical (unpaired) electrons. The minimum Gasteiger partial charge on any atom is -0.390 e. The van der Waals surface area contributed by atoms with Gasteiger partial charge in [0, 0.05) is 26.1 Å². The van der Waals surface area contributed by atoms with E-state index in [1.54, 1.807) is 14.2 Å². The summed E-state index contributed by atoms with van der Waals surface area (Å²) in [5.74, 6) is 1.11. The van der Waals surface area contributed by atoms with Crippen LogP contribution in [0.25, 0.3) is 0 Å². The Hall–Kier alpha value is -0.420. The van der Waals surface area contributed by atoms with Crippen LogP contribution in [-0.4, -0.2) is 42.4 Å². The third kappa shape index (κ3) is 0.965. The van der Waals surface area contributed by atoms with E-state index in [1.807, 2.05) is 0 Å². The van der Waals surface area contributed by atoms with Gasteiger partial charge in [-0.05, 0) is 30.1 Å². The smallest absolute Gasteiger partial charge is 0.180 e. The lowest BCUT2D eigenvalue weighted by Gasteiger charge is -2.36. The second-order valence-corrected chi connectivity index (χ2v) is 6.27. The molecule has 4 bridgehead atoms. The summed E-state index contributed by atoms with van der Waals surface area (Å²) in [5.41, 5.74) is 0. The zero-order chi connectivity index (χ0) is 12.7. The van der Waals surface area contributed by atoms with Crippen LogP contribution in [0.4, 0.5) is 0 Å². The van der Waals surface area contributed by atoms with Crippen molar-refractivity contribution in [1.29, 1.82) is 0 Å². The summed E-state index contributed by atoms with van der Waals surface area (Å²) >= 11 is 0. The van der Waals surface area contributed by atoms with Crippen molar-refractivity contribution < 1.29 is 19.7 Å². The molecule has 0 aromatic heterocycles. The lowest BCUT2D eigenvalue weighted by molar-refractivity contribution is -0.236. The Balaban J connectivity index is 1.78. The van der Waals surface area contributed by atoms with Crippen molar-refractivity contribution >= 4 is 0 Å². The molecule has 0 aromatic rings. The first kappa shape index (κ1) is 11.4. The highest BCUT2D eigenvalue weighted by Crippen LogP contribution is 2.69. The highest BCUT2D eigenvalue weighted by molar-refractivity contribution is 5.28. The van der Waals surface area contributed by atoms with Gasteiger partial charge in [0.25, 0.3) is 0 Å². The number of aliphatic hydroxyl groups excluding tert-OH is 2. The Morgan fingerprint density at radius 3 is 1.78 bits per heavy atom. The first-order chi connectivity index (χ1) is 8.65. The molecule has 2 unspecified atom stereocenters. The van der Waals surface area contributed by atoms with E-state index in [9.17, 15) is 10.2 Å². The van der Waals surface area contributed by atoms with Crippen molar-refractivity contribution in [2.75, 3.05) is 14.2 Å². The highest BCUT2D eigenvalue weighted by atomic mass is 16.7. The first-order valence-corrected chi connectivity index (χ1v) is 6.80. The van der Waals surface area contributed by atoms with Crippen molar-refractivity contribution in [1.82, 2.24) is 0 Å². The van der Waals surface area contributed by atoms with Crippen LogP contribution in [0.1, 0.15) is 6.42 Å². The number of aliphatic hydroxyl groups is 2. The van der Waals surface area contributed by atoms with Gasteiger partial charge in [-0.1, -0.05) is 12.2 Å². The molecule has 0 saturated heterocycles. The summed E-state index contributed by atoms with van der Waals surface area (Å²) in [7, 11) is 3.40. The van der Waals surface area contributed by atoms with Gasteiger partial charge < -0.3 is 19.7 Å². The van der Waals surface area contributed by atoms with E-state index in [-0.39, 0.29) is 23.7 Å². The number of hydrogen-bond acceptors (Lipinski definition) is 4. The van der Waals surface area contributed by atoms with E-state index >= 15 is 0 Å². The predicted molar refractivity (Wildman–Crippen MR) is 63.5 cm³/mol. The van der Waals surface area contributed by atoms with Crippen LogP contribution in [-0.2, 0) is 9.47 Å². The van der Waals surface area contributed by atoms with Gasteiger partial charge in [-0.15, -0.1) is 0 Å². The Kier molecular flexibility index (Phi) is 2.13. The van der Waals surface area contributed by atoms with Crippen LogP contribution < -0.4 is 0 Å². The molecule has 0 spiro atoms. The molecule has 4 aliphatic carbocycles. The molecule has 18 heavy (non-hydrogen) atoms. The fourth-order valence-corrected chi connectivity index (χ4v) is 5.60. The number of ether oxygens (including phenoxy) is 2. The normalized spacial score (nSPS) is 58.4. The summed E-state index contributed by atoms with van der Waals surface area (Å²) in [6.45, 7) is 0. The van der Waals surface area contributed by atoms with Crippen LogP contribution in [0.3, 0.4) is 0 Å². The van der Waals surface area contributed by atoms with Gasteiger partial charge in [-0.25, -0.2) is 0 Å². The van der Waals surface area contributed by atoms with Crippen molar-refractivity contribution in [3.8, 4) is 0 Å². The van der Waals surface area contributed by atoms with Crippen molar-refractivity contribution in [2.24, 2.45) is 35.5 Å². The summed E-state index contributed by atoms with van der Waals surface area (Å²) in [4.78, 5) is 0. The quantitative estimate of drug-likeness (QED) is 0.424. The van der Waals surface area contributed by atoms with Gasteiger partial charge >= 0.3 is 0 Å². The Morgan fingerprint density at radius 2 is 1.39 bits per heavy atom.